The molecule has 2 N–H and O–H groups in total. The summed E-state index contributed by atoms with van der Waals surface area (Å²) in [6.45, 7) is 1.10. The van der Waals surface area contributed by atoms with E-state index in [1.54, 1.807) is 7.05 Å². The van der Waals surface area contributed by atoms with Gasteiger partial charge in [-0.15, -0.1) is 0 Å². The van der Waals surface area contributed by atoms with Crippen molar-refractivity contribution in [1.82, 2.24) is 10.6 Å². The van der Waals surface area contributed by atoms with Crippen molar-refractivity contribution in [1.29, 1.82) is 0 Å². The van der Waals surface area contributed by atoms with Gasteiger partial charge in [-0.3, -0.25) is 4.79 Å². The van der Waals surface area contributed by atoms with Gasteiger partial charge in [-0.1, -0.05) is 0 Å². The molecule has 0 unspecified atom stereocenters. The number of carbonyl (C=O) groups excluding carboxylic acids is 1. The number of nitrogens with one attached hydrogen (secondary N) is 2. The molecule has 0 heterocycles. The Morgan fingerprint density at radius 3 is 2.31 bits per heavy atom. The number of carbonyl (C=O) groups is 1. The molecule has 1 saturated carbocycles. The normalized spacial score (nSPS) is 28.5. The van der Waals surface area contributed by atoms with Crippen LogP contribution in [0.3, 0.4) is 0 Å². The molecule has 0 spiro atoms. The lowest BCUT2D eigenvalue weighted by atomic mass is 9.81. The van der Waals surface area contributed by atoms with Crippen molar-refractivity contribution >= 4 is 5.91 Å². The average Bonchev–Trinajstić information content (AvgIpc) is 2.18. The van der Waals surface area contributed by atoms with Crippen LogP contribution in [0.5, 0.6) is 0 Å². The topological polar surface area (TPSA) is 41.1 Å². The summed E-state index contributed by atoms with van der Waals surface area (Å²) in [6.07, 6.45) is 4.51. The number of hydrogen-bond acceptors (Lipinski definition) is 2. The molecule has 1 amide bonds. The van der Waals surface area contributed by atoms with E-state index < -0.39 is 0 Å². The van der Waals surface area contributed by atoms with Crippen molar-refractivity contribution < 1.29 is 4.79 Å². The fraction of sp³-hybridized carbons (Fsp3) is 0.900. The van der Waals surface area contributed by atoms with Gasteiger partial charge in [-0.2, -0.15) is 0 Å². The standard InChI is InChI=1S/C10H20N2O/c1-11-7-8-3-5-9(6-4-8)10(13)12-2/h8-9,11H,3-7H2,1-2H3,(H,12,13). The van der Waals surface area contributed by atoms with Crippen LogP contribution in [0.1, 0.15) is 25.7 Å². The van der Waals surface area contributed by atoms with Crippen LogP contribution in [0.15, 0.2) is 0 Å². The van der Waals surface area contributed by atoms with Crippen LogP contribution in [0.4, 0.5) is 0 Å². The molecule has 0 aromatic carbocycles. The molecule has 1 rings (SSSR count). The van der Waals surface area contributed by atoms with E-state index in [1.165, 1.54) is 12.8 Å². The zero-order valence-electron chi connectivity index (χ0n) is 8.60. The van der Waals surface area contributed by atoms with Gasteiger partial charge in [0.25, 0.3) is 0 Å². The zero-order chi connectivity index (χ0) is 9.68. The van der Waals surface area contributed by atoms with Crippen molar-refractivity contribution in [2.45, 2.75) is 25.7 Å². The van der Waals surface area contributed by atoms with Crippen LogP contribution in [0.2, 0.25) is 0 Å². The van der Waals surface area contributed by atoms with Crippen LogP contribution >= 0.6 is 0 Å². The summed E-state index contributed by atoms with van der Waals surface area (Å²) >= 11 is 0. The van der Waals surface area contributed by atoms with E-state index in [0.29, 0.717) is 0 Å². The second-order valence-electron chi connectivity index (χ2n) is 3.89. The second kappa shape index (κ2) is 5.22. The van der Waals surface area contributed by atoms with Crippen molar-refractivity contribution in [3.8, 4) is 0 Å². The first-order valence-electron chi connectivity index (χ1n) is 5.14. The summed E-state index contributed by atoms with van der Waals surface area (Å²) in [5, 5.41) is 5.92. The molecule has 0 radical (unpaired) electrons. The predicted octanol–water partition coefficient (Wildman–Crippen LogP) is 0.758. The zero-order valence-corrected chi connectivity index (χ0v) is 8.60. The van der Waals surface area contributed by atoms with Crippen molar-refractivity contribution in [3.05, 3.63) is 0 Å². The molecular formula is C10H20N2O. The smallest absolute Gasteiger partial charge is 0.222 e. The van der Waals surface area contributed by atoms with Crippen molar-refractivity contribution in [2.24, 2.45) is 11.8 Å². The van der Waals surface area contributed by atoms with Crippen LogP contribution in [-0.2, 0) is 4.79 Å². The molecule has 0 aliphatic heterocycles. The number of amides is 1. The van der Waals surface area contributed by atoms with Crippen LogP contribution in [0.25, 0.3) is 0 Å². The summed E-state index contributed by atoms with van der Waals surface area (Å²) in [6, 6.07) is 0. The van der Waals surface area contributed by atoms with Crippen LogP contribution < -0.4 is 10.6 Å². The Morgan fingerprint density at radius 2 is 1.85 bits per heavy atom. The summed E-state index contributed by atoms with van der Waals surface area (Å²) in [5.74, 6) is 1.28. The highest BCUT2D eigenvalue weighted by Gasteiger charge is 2.24. The van der Waals surface area contributed by atoms with E-state index in [9.17, 15) is 4.79 Å². The van der Waals surface area contributed by atoms with Gasteiger partial charge in [0, 0.05) is 13.0 Å². The van der Waals surface area contributed by atoms with Gasteiger partial charge in [0.05, 0.1) is 0 Å². The van der Waals surface area contributed by atoms with E-state index >= 15 is 0 Å². The van der Waals surface area contributed by atoms with Crippen LogP contribution in [0, 0.1) is 11.8 Å². The number of hydrogen-bond donors (Lipinski definition) is 2. The first-order chi connectivity index (χ1) is 6.27. The molecule has 76 valence electrons. The number of rotatable bonds is 3. The maximum Gasteiger partial charge on any atom is 0.222 e. The predicted molar refractivity (Wildman–Crippen MR) is 53.4 cm³/mol. The summed E-state index contributed by atoms with van der Waals surface area (Å²) in [7, 11) is 3.72. The average molecular weight is 184 g/mol. The Balaban J connectivity index is 2.26. The molecular weight excluding hydrogens is 164 g/mol. The van der Waals surface area contributed by atoms with Gasteiger partial charge >= 0.3 is 0 Å². The summed E-state index contributed by atoms with van der Waals surface area (Å²) < 4.78 is 0. The maximum absolute atomic E-state index is 11.3. The third-order valence-electron chi connectivity index (χ3n) is 2.96. The summed E-state index contributed by atoms with van der Waals surface area (Å²) in [5.41, 5.74) is 0. The largest absolute Gasteiger partial charge is 0.359 e. The Kier molecular flexibility index (Phi) is 4.22. The fourth-order valence-electron chi connectivity index (χ4n) is 2.12. The third-order valence-corrected chi connectivity index (χ3v) is 2.96. The van der Waals surface area contributed by atoms with Gasteiger partial charge in [-0.05, 0) is 45.2 Å². The minimum Gasteiger partial charge on any atom is -0.359 e. The lowest BCUT2D eigenvalue weighted by molar-refractivity contribution is -0.125. The molecule has 0 aromatic rings. The molecule has 0 atom stereocenters. The fourth-order valence-corrected chi connectivity index (χ4v) is 2.12. The Hall–Kier alpha value is -0.570. The monoisotopic (exact) mass is 184 g/mol. The van der Waals surface area contributed by atoms with E-state index in [1.807, 2.05) is 7.05 Å². The first-order valence-corrected chi connectivity index (χ1v) is 5.14. The highest BCUT2D eigenvalue weighted by atomic mass is 16.1. The maximum atomic E-state index is 11.3. The summed E-state index contributed by atoms with van der Waals surface area (Å²) in [4.78, 5) is 11.3. The third kappa shape index (κ3) is 2.99. The van der Waals surface area contributed by atoms with Crippen LogP contribution in [-0.4, -0.2) is 26.5 Å². The molecule has 0 bridgehead atoms. The molecule has 3 heteroatoms. The quantitative estimate of drug-likeness (QED) is 0.680. The van der Waals surface area contributed by atoms with E-state index in [4.69, 9.17) is 0 Å². The lowest BCUT2D eigenvalue weighted by Crippen LogP contribution is -2.32. The van der Waals surface area contributed by atoms with Gasteiger partial charge in [0.1, 0.15) is 0 Å². The first kappa shape index (κ1) is 10.5. The molecule has 1 aliphatic rings. The van der Waals surface area contributed by atoms with Gasteiger partial charge in [0.2, 0.25) is 5.91 Å². The Labute approximate surface area is 80.3 Å². The molecule has 3 nitrogen and oxygen atoms in total. The van der Waals surface area contributed by atoms with Gasteiger partial charge in [-0.25, -0.2) is 0 Å². The van der Waals surface area contributed by atoms with Gasteiger partial charge in [0.15, 0.2) is 0 Å². The SMILES string of the molecule is CNCC1CCC(C(=O)NC)CC1. The van der Waals surface area contributed by atoms with E-state index in [0.717, 1.165) is 25.3 Å². The lowest BCUT2D eigenvalue weighted by Gasteiger charge is -2.27. The van der Waals surface area contributed by atoms with Crippen molar-refractivity contribution in [3.63, 3.8) is 0 Å². The van der Waals surface area contributed by atoms with E-state index in [2.05, 4.69) is 10.6 Å². The van der Waals surface area contributed by atoms with E-state index in [-0.39, 0.29) is 11.8 Å². The Bertz CT molecular complexity index is 162. The highest BCUT2D eigenvalue weighted by Crippen LogP contribution is 2.28. The molecule has 0 aromatic heterocycles. The van der Waals surface area contributed by atoms with Crippen molar-refractivity contribution in [2.75, 3.05) is 20.6 Å². The highest BCUT2D eigenvalue weighted by molar-refractivity contribution is 5.78. The van der Waals surface area contributed by atoms with Gasteiger partial charge < -0.3 is 10.6 Å². The molecule has 1 fully saturated rings. The molecule has 0 saturated heterocycles. The molecule has 13 heavy (non-hydrogen) atoms. The second-order valence-corrected chi connectivity index (χ2v) is 3.89. The minimum absolute atomic E-state index is 0.225. The minimum atomic E-state index is 0.225. The molecule has 1 aliphatic carbocycles. The Morgan fingerprint density at radius 1 is 1.23 bits per heavy atom.